The highest BCUT2D eigenvalue weighted by Gasteiger charge is 2.29. The molecule has 15 heavy (non-hydrogen) atoms. The Morgan fingerprint density at radius 2 is 2.20 bits per heavy atom. The Morgan fingerprint density at radius 1 is 1.47 bits per heavy atom. The van der Waals surface area contributed by atoms with Crippen LogP contribution in [0.5, 0.6) is 0 Å². The normalized spacial score (nSPS) is 13.9. The van der Waals surface area contributed by atoms with Crippen LogP contribution in [0.15, 0.2) is 23.4 Å². The molecule has 0 atom stereocenters. The maximum atomic E-state index is 11.7. The zero-order chi connectivity index (χ0) is 11.0. The lowest BCUT2D eigenvalue weighted by Gasteiger charge is -2.05. The third kappa shape index (κ3) is 1.32. The van der Waals surface area contributed by atoms with E-state index in [-0.39, 0.29) is 11.5 Å². The lowest BCUT2D eigenvalue weighted by Crippen LogP contribution is -2.18. The van der Waals surface area contributed by atoms with E-state index in [1.54, 1.807) is 19.2 Å². The fourth-order valence-electron chi connectivity index (χ4n) is 1.73. The molecule has 76 valence electrons. The molecule has 0 fully saturated rings. The summed E-state index contributed by atoms with van der Waals surface area (Å²) in [6.45, 7) is 0.466. The largest absolute Gasteiger partial charge is 0.337 e. The summed E-state index contributed by atoms with van der Waals surface area (Å²) >= 11 is 0. The molecule has 2 rings (SSSR count). The fraction of sp³-hybridized carbons (Fsp3) is 0.200. The number of carbonyl (C=O) groups is 2. The second-order valence-corrected chi connectivity index (χ2v) is 3.40. The van der Waals surface area contributed by atoms with Gasteiger partial charge in [0, 0.05) is 18.8 Å². The van der Waals surface area contributed by atoms with Gasteiger partial charge in [0.25, 0.3) is 5.91 Å². The molecule has 1 aliphatic rings. The van der Waals surface area contributed by atoms with Gasteiger partial charge in [0.15, 0.2) is 0 Å². The van der Waals surface area contributed by atoms with Gasteiger partial charge in [0.05, 0.1) is 11.1 Å². The van der Waals surface area contributed by atoms with E-state index in [4.69, 9.17) is 0 Å². The van der Waals surface area contributed by atoms with Crippen molar-refractivity contribution in [3.63, 3.8) is 0 Å². The van der Waals surface area contributed by atoms with E-state index in [1.165, 1.54) is 11.0 Å². The number of nitroso groups, excluding NO2 is 1. The predicted octanol–water partition coefficient (Wildman–Crippen LogP) is 1.18. The first-order valence-electron chi connectivity index (χ1n) is 4.40. The second kappa shape index (κ2) is 3.27. The minimum Gasteiger partial charge on any atom is -0.337 e. The molecule has 1 heterocycles. The zero-order valence-electron chi connectivity index (χ0n) is 8.06. The molecule has 0 aromatic heterocycles. The molecule has 2 amide bonds. The van der Waals surface area contributed by atoms with E-state index < -0.39 is 5.91 Å². The molecule has 1 aromatic carbocycles. The van der Waals surface area contributed by atoms with Crippen LogP contribution in [0.1, 0.15) is 26.3 Å². The van der Waals surface area contributed by atoms with E-state index in [2.05, 4.69) is 5.18 Å². The lowest BCUT2D eigenvalue weighted by molar-refractivity contribution is 0.0811. The Hall–Kier alpha value is -2.04. The van der Waals surface area contributed by atoms with Gasteiger partial charge in [-0.15, -0.1) is 4.91 Å². The predicted molar refractivity (Wildman–Crippen MR) is 52.4 cm³/mol. The highest BCUT2D eigenvalue weighted by Crippen LogP contribution is 2.25. The minimum absolute atomic E-state index is 0.0943. The summed E-state index contributed by atoms with van der Waals surface area (Å²) in [4.78, 5) is 34.5. The molecule has 0 spiro atoms. The van der Waals surface area contributed by atoms with Gasteiger partial charge in [-0.3, -0.25) is 9.59 Å². The van der Waals surface area contributed by atoms with E-state index in [9.17, 15) is 14.5 Å². The zero-order valence-corrected chi connectivity index (χ0v) is 8.06. The number of nitrogens with zero attached hydrogens (tertiary/aromatic N) is 2. The van der Waals surface area contributed by atoms with Gasteiger partial charge in [-0.25, -0.2) is 0 Å². The average Bonchev–Trinajstić information content (AvgIpc) is 2.54. The van der Waals surface area contributed by atoms with Crippen LogP contribution in [0, 0.1) is 4.91 Å². The van der Waals surface area contributed by atoms with Crippen molar-refractivity contribution in [1.82, 2.24) is 4.90 Å². The second-order valence-electron chi connectivity index (χ2n) is 3.40. The van der Waals surface area contributed by atoms with Gasteiger partial charge in [-0.1, -0.05) is 12.1 Å². The standard InChI is InChI=1S/C10H8N2O3/c1-12-5-6-3-2-4-7(9(13)11-15)8(6)10(12)14/h2-4H,5H2,1H3. The molecule has 1 aliphatic heterocycles. The highest BCUT2D eigenvalue weighted by atomic mass is 16.3. The van der Waals surface area contributed by atoms with E-state index >= 15 is 0 Å². The van der Waals surface area contributed by atoms with E-state index in [0.29, 0.717) is 12.1 Å². The van der Waals surface area contributed by atoms with Gasteiger partial charge in [0.2, 0.25) is 0 Å². The molecule has 0 bridgehead atoms. The number of hydrogen-bond donors (Lipinski definition) is 0. The van der Waals surface area contributed by atoms with Gasteiger partial charge >= 0.3 is 5.91 Å². The van der Waals surface area contributed by atoms with Crippen LogP contribution in [0.4, 0.5) is 0 Å². The van der Waals surface area contributed by atoms with Crippen LogP contribution in [0.3, 0.4) is 0 Å². The van der Waals surface area contributed by atoms with Crippen molar-refractivity contribution in [2.24, 2.45) is 5.18 Å². The number of amides is 2. The SMILES string of the molecule is CN1Cc2cccc(C(=O)N=O)c2C1=O. The topological polar surface area (TPSA) is 66.8 Å². The molecule has 0 N–H and O–H groups in total. The Bertz CT molecular complexity index is 468. The van der Waals surface area contributed by atoms with Crippen LogP contribution in [0.2, 0.25) is 0 Å². The summed E-state index contributed by atoms with van der Waals surface area (Å²) in [5.74, 6) is -1.13. The molecular weight excluding hydrogens is 196 g/mol. The maximum Gasteiger partial charge on any atom is 0.317 e. The summed E-state index contributed by atoms with van der Waals surface area (Å²) < 4.78 is 0. The number of hydrogen-bond acceptors (Lipinski definition) is 3. The summed E-state index contributed by atoms with van der Waals surface area (Å²) in [5, 5.41) is 2.34. The van der Waals surface area contributed by atoms with Crippen molar-refractivity contribution in [1.29, 1.82) is 0 Å². The summed E-state index contributed by atoms with van der Waals surface area (Å²) in [6, 6.07) is 4.85. The third-order valence-corrected chi connectivity index (χ3v) is 2.43. The summed E-state index contributed by atoms with van der Waals surface area (Å²) in [6.07, 6.45) is 0. The summed E-state index contributed by atoms with van der Waals surface area (Å²) in [5.41, 5.74) is 1.17. The Kier molecular flexibility index (Phi) is 2.07. The number of benzene rings is 1. The number of fused-ring (bicyclic) bond motifs is 1. The number of carbonyl (C=O) groups excluding carboxylic acids is 2. The van der Waals surface area contributed by atoms with Crippen LogP contribution in [-0.2, 0) is 6.54 Å². The third-order valence-electron chi connectivity index (χ3n) is 2.43. The molecule has 5 heteroatoms. The fourth-order valence-corrected chi connectivity index (χ4v) is 1.73. The van der Waals surface area contributed by atoms with Crippen molar-refractivity contribution in [3.8, 4) is 0 Å². The van der Waals surface area contributed by atoms with Crippen molar-refractivity contribution in [3.05, 3.63) is 39.8 Å². The van der Waals surface area contributed by atoms with Crippen LogP contribution in [-0.4, -0.2) is 23.8 Å². The Morgan fingerprint density at radius 3 is 2.87 bits per heavy atom. The molecule has 0 aliphatic carbocycles. The average molecular weight is 204 g/mol. The smallest absolute Gasteiger partial charge is 0.317 e. The highest BCUT2D eigenvalue weighted by molar-refractivity contribution is 6.09. The molecular formula is C10H8N2O3. The van der Waals surface area contributed by atoms with E-state index in [1.807, 2.05) is 0 Å². The molecule has 0 saturated carbocycles. The molecule has 0 unspecified atom stereocenters. The molecule has 0 radical (unpaired) electrons. The van der Waals surface area contributed by atoms with E-state index in [0.717, 1.165) is 5.56 Å². The monoisotopic (exact) mass is 204 g/mol. The lowest BCUT2D eigenvalue weighted by atomic mass is 10.0. The molecule has 1 aromatic rings. The molecule has 5 nitrogen and oxygen atoms in total. The van der Waals surface area contributed by atoms with Crippen LogP contribution in [0.25, 0.3) is 0 Å². The number of rotatable bonds is 1. The molecule has 0 saturated heterocycles. The summed E-state index contributed by atoms with van der Waals surface area (Å²) in [7, 11) is 1.64. The Balaban J connectivity index is 2.62. The quantitative estimate of drug-likeness (QED) is 0.645. The van der Waals surface area contributed by atoms with Crippen molar-refractivity contribution < 1.29 is 9.59 Å². The maximum absolute atomic E-state index is 11.7. The van der Waals surface area contributed by atoms with Gasteiger partial charge in [-0.05, 0) is 11.6 Å². The first-order chi connectivity index (χ1) is 7.15. The van der Waals surface area contributed by atoms with Crippen molar-refractivity contribution in [2.45, 2.75) is 6.54 Å². The van der Waals surface area contributed by atoms with Crippen molar-refractivity contribution >= 4 is 11.8 Å². The first-order valence-corrected chi connectivity index (χ1v) is 4.40. The van der Waals surface area contributed by atoms with Gasteiger partial charge in [0.1, 0.15) is 0 Å². The van der Waals surface area contributed by atoms with Crippen LogP contribution < -0.4 is 0 Å². The van der Waals surface area contributed by atoms with Gasteiger partial charge < -0.3 is 4.90 Å². The minimum atomic E-state index is -0.893. The first kappa shape index (κ1) is 9.51. The Labute approximate surface area is 85.7 Å². The van der Waals surface area contributed by atoms with Crippen LogP contribution >= 0.6 is 0 Å². The van der Waals surface area contributed by atoms with Gasteiger partial charge in [-0.2, -0.15) is 0 Å². The van der Waals surface area contributed by atoms with Crippen molar-refractivity contribution in [2.75, 3.05) is 7.05 Å².